The fraction of sp³-hybridized carbons (Fsp3) is 0.235. The van der Waals surface area contributed by atoms with Gasteiger partial charge in [0, 0.05) is 24.1 Å². The number of rotatable bonds is 8. The van der Waals surface area contributed by atoms with Gasteiger partial charge in [0.25, 0.3) is 5.69 Å². The summed E-state index contributed by atoms with van der Waals surface area (Å²) in [7, 11) is -3.86. The number of ether oxygens (including phenoxy) is 1. The van der Waals surface area contributed by atoms with Crippen molar-refractivity contribution in [2.45, 2.75) is 18.4 Å². The monoisotopic (exact) mass is 440 g/mol. The van der Waals surface area contributed by atoms with Crippen LogP contribution in [0.3, 0.4) is 0 Å². The zero-order valence-corrected chi connectivity index (χ0v) is 17.0. The van der Waals surface area contributed by atoms with Gasteiger partial charge in [-0.15, -0.1) is 11.3 Å². The number of esters is 1. The summed E-state index contributed by atoms with van der Waals surface area (Å²) in [6, 6.07) is 6.00. The molecule has 0 fully saturated rings. The molecule has 0 unspecified atom stereocenters. The van der Waals surface area contributed by atoms with Crippen LogP contribution in [0.1, 0.15) is 31.8 Å². The van der Waals surface area contributed by atoms with Crippen molar-refractivity contribution in [3.63, 3.8) is 0 Å². The minimum atomic E-state index is -3.86. The number of nitro groups is 1. The molecule has 154 valence electrons. The zero-order chi connectivity index (χ0) is 21.8. The fourth-order valence-corrected chi connectivity index (χ4v) is 3.92. The highest BCUT2D eigenvalue weighted by Gasteiger charge is 2.25. The number of benzene rings is 1. The van der Waals surface area contributed by atoms with E-state index in [9.17, 15) is 32.9 Å². The van der Waals surface area contributed by atoms with Gasteiger partial charge >= 0.3 is 5.97 Å². The van der Waals surface area contributed by atoms with Gasteiger partial charge in [-0.25, -0.2) is 13.2 Å². The number of amides is 1. The second-order valence-corrected chi connectivity index (χ2v) is 9.04. The van der Waals surface area contributed by atoms with Gasteiger partial charge in [-0.05, 0) is 24.3 Å². The van der Waals surface area contributed by atoms with Crippen LogP contribution in [-0.2, 0) is 25.9 Å². The van der Waals surface area contributed by atoms with Gasteiger partial charge in [0.15, 0.2) is 16.4 Å². The number of hydrogen-bond acceptors (Lipinski definition) is 9. The lowest BCUT2D eigenvalue weighted by Gasteiger charge is -2.05. The van der Waals surface area contributed by atoms with Crippen molar-refractivity contribution < 1.29 is 32.5 Å². The molecule has 1 amide bonds. The van der Waals surface area contributed by atoms with Crippen LogP contribution in [0.2, 0.25) is 0 Å². The van der Waals surface area contributed by atoms with Crippen LogP contribution in [0.15, 0.2) is 35.2 Å². The Morgan fingerprint density at radius 1 is 1.21 bits per heavy atom. The molecule has 2 rings (SSSR count). The van der Waals surface area contributed by atoms with Gasteiger partial charge < -0.3 is 10.1 Å². The van der Waals surface area contributed by atoms with E-state index in [2.05, 4.69) is 5.32 Å². The van der Waals surface area contributed by atoms with E-state index in [-0.39, 0.29) is 18.0 Å². The first kappa shape index (κ1) is 22.2. The summed E-state index contributed by atoms with van der Waals surface area (Å²) >= 11 is 1.13. The molecule has 0 saturated heterocycles. The Bertz CT molecular complexity index is 1090. The summed E-state index contributed by atoms with van der Waals surface area (Å²) < 4.78 is 28.1. The lowest BCUT2D eigenvalue weighted by Crippen LogP contribution is -2.18. The molecule has 0 aliphatic carbocycles. The van der Waals surface area contributed by atoms with E-state index in [0.717, 1.165) is 40.7 Å². The second-order valence-electron chi connectivity index (χ2n) is 5.89. The molecule has 2 aromatic rings. The van der Waals surface area contributed by atoms with E-state index in [1.54, 1.807) is 6.07 Å². The van der Waals surface area contributed by atoms with Crippen LogP contribution in [0.5, 0.6) is 0 Å². The Morgan fingerprint density at radius 2 is 1.90 bits per heavy atom. The molecule has 10 nitrogen and oxygen atoms in total. The van der Waals surface area contributed by atoms with Crippen LogP contribution in [0.25, 0.3) is 0 Å². The number of ketones is 1. The van der Waals surface area contributed by atoms with Gasteiger partial charge in [-0.2, -0.15) is 0 Å². The predicted octanol–water partition coefficient (Wildman–Crippen LogP) is 1.74. The standard InChI is InChI=1S/C17H16N2O8S2/c1-10(20)18-8-12-4-5-15(28-12)14(21)9-27-17(22)11-3-6-16(29(2,25)26)13(7-11)19(23)24/h3-7H,8-9H2,1-2H3,(H,18,20). The Hall–Kier alpha value is -3.12. The van der Waals surface area contributed by atoms with Crippen molar-refractivity contribution in [1.82, 2.24) is 5.32 Å². The maximum absolute atomic E-state index is 12.2. The number of sulfone groups is 1. The normalized spacial score (nSPS) is 11.0. The van der Waals surface area contributed by atoms with E-state index in [4.69, 9.17) is 4.74 Å². The largest absolute Gasteiger partial charge is 0.454 e. The number of hydrogen-bond donors (Lipinski definition) is 1. The molecule has 0 saturated carbocycles. The number of carbonyl (C=O) groups excluding carboxylic acids is 3. The molecular formula is C17H16N2O8S2. The van der Waals surface area contributed by atoms with Crippen molar-refractivity contribution in [3.05, 3.63) is 55.8 Å². The zero-order valence-electron chi connectivity index (χ0n) is 15.3. The molecule has 12 heteroatoms. The molecule has 0 spiro atoms. The van der Waals surface area contributed by atoms with Gasteiger partial charge in [0.05, 0.1) is 21.9 Å². The average Bonchev–Trinajstić information content (AvgIpc) is 3.12. The van der Waals surface area contributed by atoms with Gasteiger partial charge in [0.2, 0.25) is 11.7 Å². The van der Waals surface area contributed by atoms with Crippen molar-refractivity contribution in [3.8, 4) is 0 Å². The summed E-state index contributed by atoms with van der Waals surface area (Å²) in [5.74, 6) is -1.70. The maximum atomic E-state index is 12.2. The highest BCUT2D eigenvalue weighted by molar-refractivity contribution is 7.90. The second kappa shape index (κ2) is 8.92. The van der Waals surface area contributed by atoms with Gasteiger partial charge in [-0.3, -0.25) is 19.7 Å². The molecule has 0 bridgehead atoms. The maximum Gasteiger partial charge on any atom is 0.338 e. The minimum Gasteiger partial charge on any atom is -0.454 e. The summed E-state index contributed by atoms with van der Waals surface area (Å²) in [6.07, 6.45) is 0.813. The first-order chi connectivity index (χ1) is 13.5. The third-order valence-electron chi connectivity index (χ3n) is 3.57. The average molecular weight is 440 g/mol. The Balaban J connectivity index is 2.07. The van der Waals surface area contributed by atoms with E-state index in [1.807, 2.05) is 0 Å². The smallest absolute Gasteiger partial charge is 0.338 e. The topological polar surface area (TPSA) is 150 Å². The summed E-state index contributed by atoms with van der Waals surface area (Å²) in [6.45, 7) is 1.04. The molecule has 1 heterocycles. The van der Waals surface area contributed by atoms with E-state index >= 15 is 0 Å². The molecule has 1 N–H and O–H groups in total. The van der Waals surface area contributed by atoms with Gasteiger partial charge in [-0.1, -0.05) is 0 Å². The first-order valence-electron chi connectivity index (χ1n) is 8.01. The number of nitrogens with zero attached hydrogens (tertiary/aromatic N) is 1. The molecule has 29 heavy (non-hydrogen) atoms. The molecule has 0 aliphatic heterocycles. The number of Topliss-reactive ketones (excluding diaryl/α,β-unsaturated/α-hetero) is 1. The third-order valence-corrected chi connectivity index (χ3v) is 5.84. The highest BCUT2D eigenvalue weighted by atomic mass is 32.2. The van der Waals surface area contributed by atoms with Crippen LogP contribution < -0.4 is 5.32 Å². The minimum absolute atomic E-state index is 0.212. The SMILES string of the molecule is CC(=O)NCc1ccc(C(=O)COC(=O)c2ccc(S(C)(=O)=O)c([N+](=O)[O-])c2)s1. The quantitative estimate of drug-likeness (QED) is 0.282. The first-order valence-corrected chi connectivity index (χ1v) is 10.7. The summed E-state index contributed by atoms with van der Waals surface area (Å²) in [5.41, 5.74) is -1.01. The number of nitrogens with one attached hydrogen (secondary N) is 1. The van der Waals surface area contributed by atoms with E-state index < -0.39 is 43.7 Å². The lowest BCUT2D eigenvalue weighted by atomic mass is 10.2. The Morgan fingerprint density at radius 3 is 2.48 bits per heavy atom. The van der Waals surface area contributed by atoms with Crippen molar-refractivity contribution in [2.75, 3.05) is 12.9 Å². The van der Waals surface area contributed by atoms with Crippen LogP contribution in [0.4, 0.5) is 5.69 Å². The molecule has 1 aromatic carbocycles. The Labute approximate surface area is 169 Å². The van der Waals surface area contributed by atoms with E-state index in [1.165, 1.54) is 13.0 Å². The third kappa shape index (κ3) is 5.93. The van der Waals surface area contributed by atoms with E-state index in [0.29, 0.717) is 4.88 Å². The van der Waals surface area contributed by atoms with Crippen LogP contribution in [0, 0.1) is 10.1 Å². The number of nitro benzene ring substituents is 1. The predicted molar refractivity (Wildman–Crippen MR) is 103 cm³/mol. The Kier molecular flexibility index (Phi) is 6.82. The highest BCUT2D eigenvalue weighted by Crippen LogP contribution is 2.25. The number of thiophene rings is 1. The molecule has 0 aliphatic rings. The van der Waals surface area contributed by atoms with Crippen molar-refractivity contribution in [2.24, 2.45) is 0 Å². The van der Waals surface area contributed by atoms with Gasteiger partial charge in [0.1, 0.15) is 4.90 Å². The molecule has 0 atom stereocenters. The lowest BCUT2D eigenvalue weighted by molar-refractivity contribution is -0.387. The number of carbonyl (C=O) groups is 3. The van der Waals surface area contributed by atoms with Crippen molar-refractivity contribution in [1.29, 1.82) is 0 Å². The summed E-state index contributed by atoms with van der Waals surface area (Å²) in [5, 5.41) is 13.7. The van der Waals surface area contributed by atoms with Crippen LogP contribution >= 0.6 is 11.3 Å². The molecular weight excluding hydrogens is 424 g/mol. The fourth-order valence-electron chi connectivity index (χ4n) is 2.22. The molecule has 0 radical (unpaired) electrons. The van der Waals surface area contributed by atoms with Crippen LogP contribution in [-0.4, -0.2) is 43.9 Å². The molecule has 1 aromatic heterocycles. The summed E-state index contributed by atoms with van der Waals surface area (Å²) in [4.78, 5) is 45.9. The van der Waals surface area contributed by atoms with Crippen molar-refractivity contribution >= 4 is 44.5 Å².